The Bertz CT molecular complexity index is 1230. The largest absolute Gasteiger partial charge is 0.331 e. The molecule has 0 spiro atoms. The van der Waals surface area contributed by atoms with Crippen molar-refractivity contribution in [1.82, 2.24) is 9.55 Å². The molecule has 0 saturated heterocycles. The van der Waals surface area contributed by atoms with E-state index in [2.05, 4.69) is 41.0 Å². The van der Waals surface area contributed by atoms with Crippen molar-refractivity contribution < 1.29 is 13.6 Å². The average Bonchev–Trinajstić information content (AvgIpc) is 3.16. The smallest absolute Gasteiger partial charge is 0.309 e. The first-order valence-corrected chi connectivity index (χ1v) is 12.8. The van der Waals surface area contributed by atoms with Crippen molar-refractivity contribution in [3.8, 4) is 16.8 Å². The highest BCUT2D eigenvalue weighted by Gasteiger charge is 2.25. The summed E-state index contributed by atoms with van der Waals surface area (Å²) in [5.74, 6) is 0.786. The van der Waals surface area contributed by atoms with E-state index in [1.165, 1.54) is 0 Å². The van der Waals surface area contributed by atoms with E-state index >= 15 is 0 Å². The molecule has 7 heteroatoms. The van der Waals surface area contributed by atoms with Crippen LogP contribution in [0.3, 0.4) is 0 Å². The van der Waals surface area contributed by atoms with Gasteiger partial charge in [-0.3, -0.25) is 9.13 Å². The van der Waals surface area contributed by atoms with Gasteiger partial charge in [0.15, 0.2) is 0 Å². The summed E-state index contributed by atoms with van der Waals surface area (Å²) in [6, 6.07) is 24.2. The fraction of sp³-hybridized carbons (Fsp3) is 0.240. The minimum atomic E-state index is -3.18. The second-order valence-electron chi connectivity index (χ2n) is 7.33. The lowest BCUT2D eigenvalue weighted by Crippen LogP contribution is -2.07. The Balaban J connectivity index is 1.73. The third-order valence-electron chi connectivity index (χ3n) is 5.18. The van der Waals surface area contributed by atoms with Crippen molar-refractivity contribution in [3.63, 3.8) is 0 Å². The van der Waals surface area contributed by atoms with E-state index in [1.807, 2.05) is 50.2 Å². The van der Waals surface area contributed by atoms with Gasteiger partial charge in [-0.25, -0.2) is 4.98 Å². The van der Waals surface area contributed by atoms with E-state index in [0.29, 0.717) is 24.7 Å². The summed E-state index contributed by atoms with van der Waals surface area (Å²) in [6.45, 7) is 4.31. The maximum Gasteiger partial charge on any atom is 0.331 e. The van der Waals surface area contributed by atoms with E-state index in [4.69, 9.17) is 25.6 Å². The molecule has 4 rings (SSSR count). The molecule has 0 bridgehead atoms. The number of rotatable bonds is 9. The number of nitrogens with zero attached hydrogens (tertiary/aromatic N) is 2. The van der Waals surface area contributed by atoms with E-state index in [-0.39, 0.29) is 6.16 Å². The zero-order chi connectivity index (χ0) is 22.6. The highest BCUT2D eigenvalue weighted by molar-refractivity contribution is 7.53. The van der Waals surface area contributed by atoms with Gasteiger partial charge in [-0.15, -0.1) is 0 Å². The summed E-state index contributed by atoms with van der Waals surface area (Å²) in [6.07, 6.45) is 0.706. The summed E-state index contributed by atoms with van der Waals surface area (Å²) >= 11 is 6.30. The van der Waals surface area contributed by atoms with Gasteiger partial charge in [0.1, 0.15) is 5.82 Å². The summed E-state index contributed by atoms with van der Waals surface area (Å²) in [7, 11) is -3.18. The lowest BCUT2D eigenvalue weighted by atomic mass is 10.1. The van der Waals surface area contributed by atoms with Crippen LogP contribution in [0, 0.1) is 0 Å². The summed E-state index contributed by atoms with van der Waals surface area (Å²) in [5, 5.41) is 0.639. The molecular weight excluding hydrogens is 443 g/mol. The van der Waals surface area contributed by atoms with Gasteiger partial charge in [-0.05, 0) is 55.3 Å². The molecule has 0 saturated carbocycles. The topological polar surface area (TPSA) is 53.3 Å². The molecule has 0 unspecified atom stereocenters. The molecule has 4 aromatic rings. The first-order valence-electron chi connectivity index (χ1n) is 10.7. The maximum atomic E-state index is 13.0. The lowest BCUT2D eigenvalue weighted by molar-refractivity contribution is 0.220. The van der Waals surface area contributed by atoms with Crippen molar-refractivity contribution in [3.05, 3.63) is 83.6 Å². The van der Waals surface area contributed by atoms with Gasteiger partial charge in [-0.1, -0.05) is 54.1 Å². The molecule has 0 aliphatic rings. The van der Waals surface area contributed by atoms with Crippen molar-refractivity contribution in [2.45, 2.75) is 20.3 Å². The van der Waals surface area contributed by atoms with Crippen LogP contribution in [0.25, 0.3) is 27.8 Å². The monoisotopic (exact) mass is 468 g/mol. The summed E-state index contributed by atoms with van der Waals surface area (Å²) in [4.78, 5) is 4.81. The van der Waals surface area contributed by atoms with Crippen LogP contribution >= 0.6 is 19.2 Å². The van der Waals surface area contributed by atoms with Gasteiger partial charge in [0, 0.05) is 17.1 Å². The number of hydrogen-bond acceptors (Lipinski definition) is 4. The highest BCUT2D eigenvalue weighted by atomic mass is 35.5. The van der Waals surface area contributed by atoms with Crippen LogP contribution in [-0.4, -0.2) is 28.9 Å². The van der Waals surface area contributed by atoms with Gasteiger partial charge in [0.25, 0.3) is 0 Å². The number of aryl methyl sites for hydroxylation is 1. The molecule has 32 heavy (non-hydrogen) atoms. The van der Waals surface area contributed by atoms with Crippen LogP contribution in [0.5, 0.6) is 0 Å². The van der Waals surface area contributed by atoms with Crippen molar-refractivity contribution in [1.29, 1.82) is 0 Å². The van der Waals surface area contributed by atoms with Crippen molar-refractivity contribution in [2.24, 2.45) is 0 Å². The Labute approximate surface area is 193 Å². The minimum Gasteiger partial charge on any atom is -0.309 e. The zero-order valence-electron chi connectivity index (χ0n) is 18.2. The normalized spacial score (nSPS) is 11.8. The molecule has 3 aromatic carbocycles. The number of fused-ring (bicyclic) bond motifs is 1. The van der Waals surface area contributed by atoms with Crippen LogP contribution < -0.4 is 0 Å². The number of halogens is 1. The fourth-order valence-electron chi connectivity index (χ4n) is 3.78. The standard InChI is InChI=1S/C25H26ClN2O3P/c1-3-30-32(29,31-4-2)17-16-25-27-23-15-12-21(26)18-24(23)28(25)22-13-10-20(11-14-22)19-8-6-5-7-9-19/h5-15,18H,3-4,16-17H2,1-2H3. The quantitative estimate of drug-likeness (QED) is 0.245. The van der Waals surface area contributed by atoms with Gasteiger partial charge in [0.2, 0.25) is 0 Å². The number of benzene rings is 3. The predicted molar refractivity (Wildman–Crippen MR) is 131 cm³/mol. The van der Waals surface area contributed by atoms with Crippen molar-refractivity contribution in [2.75, 3.05) is 19.4 Å². The SMILES string of the molecule is CCOP(=O)(CCc1nc2ccc(Cl)cc2n1-c1ccc(-c2ccccc2)cc1)OCC. The van der Waals surface area contributed by atoms with Crippen LogP contribution in [0.4, 0.5) is 0 Å². The average molecular weight is 469 g/mol. The van der Waals surface area contributed by atoms with Gasteiger partial charge in [-0.2, -0.15) is 0 Å². The number of aromatic nitrogens is 2. The van der Waals surface area contributed by atoms with Crippen LogP contribution in [-0.2, 0) is 20.0 Å². The minimum absolute atomic E-state index is 0.258. The first-order chi connectivity index (χ1) is 15.5. The van der Waals surface area contributed by atoms with Crippen molar-refractivity contribution >= 4 is 30.2 Å². The molecule has 0 aliphatic heterocycles. The van der Waals surface area contributed by atoms with E-state index in [9.17, 15) is 4.57 Å². The molecule has 0 fully saturated rings. The first kappa shape index (κ1) is 22.8. The zero-order valence-corrected chi connectivity index (χ0v) is 19.9. The van der Waals surface area contributed by atoms with Gasteiger partial charge in [0.05, 0.1) is 30.4 Å². The Morgan fingerprint density at radius 2 is 1.56 bits per heavy atom. The molecule has 5 nitrogen and oxygen atoms in total. The fourth-order valence-corrected chi connectivity index (χ4v) is 5.54. The van der Waals surface area contributed by atoms with Crippen LogP contribution in [0.15, 0.2) is 72.8 Å². The van der Waals surface area contributed by atoms with Crippen LogP contribution in [0.1, 0.15) is 19.7 Å². The second kappa shape index (κ2) is 10.0. The predicted octanol–water partition coefficient (Wildman–Crippen LogP) is 7.15. The Hall–Kier alpha value is -2.43. The second-order valence-corrected chi connectivity index (χ2v) is 9.95. The van der Waals surface area contributed by atoms with Gasteiger partial charge >= 0.3 is 7.60 Å². The summed E-state index contributed by atoms with van der Waals surface area (Å²) in [5.41, 5.74) is 5.00. The number of hydrogen-bond donors (Lipinski definition) is 0. The third-order valence-corrected chi connectivity index (χ3v) is 7.49. The molecule has 0 amide bonds. The molecule has 0 N–H and O–H groups in total. The van der Waals surface area contributed by atoms with Gasteiger partial charge < -0.3 is 9.05 Å². The highest BCUT2D eigenvalue weighted by Crippen LogP contribution is 2.48. The third kappa shape index (κ3) is 4.97. The lowest BCUT2D eigenvalue weighted by Gasteiger charge is -2.17. The van der Waals surface area contributed by atoms with Crippen LogP contribution in [0.2, 0.25) is 5.02 Å². The maximum absolute atomic E-state index is 13.0. The molecule has 166 valence electrons. The van der Waals surface area contributed by atoms with E-state index in [1.54, 1.807) is 0 Å². The molecule has 1 aromatic heterocycles. The van der Waals surface area contributed by atoms with E-state index < -0.39 is 7.60 Å². The Morgan fingerprint density at radius 1 is 0.906 bits per heavy atom. The molecule has 0 radical (unpaired) electrons. The molecular formula is C25H26ClN2O3P. The van der Waals surface area contributed by atoms with E-state index in [0.717, 1.165) is 33.7 Å². The molecule has 0 aliphatic carbocycles. The summed E-state index contributed by atoms with van der Waals surface area (Å²) < 4.78 is 26.0. The number of imidazole rings is 1. The Morgan fingerprint density at radius 3 is 2.22 bits per heavy atom. The molecule has 0 atom stereocenters. The molecule has 1 heterocycles. The Kier molecular flexibility index (Phi) is 7.12.